The van der Waals surface area contributed by atoms with E-state index in [9.17, 15) is 4.79 Å². The number of nitrogens with zero attached hydrogens (tertiary/aromatic N) is 1. The molecule has 0 bridgehead atoms. The summed E-state index contributed by atoms with van der Waals surface area (Å²) in [6.07, 6.45) is 3.66. The number of hydroxylamine groups is 2. The Morgan fingerprint density at radius 2 is 2.60 bits per heavy atom. The first-order valence-electron chi connectivity index (χ1n) is 3.62. The second-order valence-corrected chi connectivity index (χ2v) is 2.29. The second-order valence-electron chi connectivity index (χ2n) is 2.29. The molecule has 0 aliphatic carbocycles. The van der Waals surface area contributed by atoms with Gasteiger partial charge < -0.3 is 0 Å². The quantitative estimate of drug-likeness (QED) is 0.582. The highest BCUT2D eigenvalue weighted by atomic mass is 16.7. The third-order valence-corrected chi connectivity index (χ3v) is 1.45. The molecular weight excluding hydrogens is 130 g/mol. The summed E-state index contributed by atoms with van der Waals surface area (Å²) in [6.45, 7) is 3.26. The monoisotopic (exact) mass is 142 g/mol. The predicted octanol–water partition coefficient (Wildman–Crippen LogP) is 0.765. The van der Waals surface area contributed by atoms with Gasteiger partial charge >= 0.3 is 0 Å². The first-order chi connectivity index (χ1) is 4.84. The lowest BCUT2D eigenvalue weighted by Crippen LogP contribution is -2.24. The maximum atomic E-state index is 10.8. The van der Waals surface area contributed by atoms with E-state index >= 15 is 0 Å². The number of hydrogen-bond donors (Lipinski definition) is 0. The summed E-state index contributed by atoms with van der Waals surface area (Å²) in [5.74, 6) is 0.00782. The molecule has 1 saturated heterocycles. The topological polar surface area (TPSA) is 29.5 Å². The van der Waals surface area contributed by atoms with Gasteiger partial charge in [-0.05, 0) is 6.42 Å². The van der Waals surface area contributed by atoms with Gasteiger partial charge in [-0.25, -0.2) is 5.06 Å². The lowest BCUT2D eigenvalue weighted by atomic mass is 10.3. The van der Waals surface area contributed by atoms with E-state index < -0.39 is 0 Å². The fraction of sp³-hybridized carbons (Fsp3) is 0.714. The van der Waals surface area contributed by atoms with Crippen molar-refractivity contribution in [3.05, 3.63) is 6.42 Å². The molecule has 1 aliphatic rings. The average molecular weight is 142 g/mol. The minimum absolute atomic E-state index is 0.00782. The van der Waals surface area contributed by atoms with Crippen molar-refractivity contribution in [3.8, 4) is 0 Å². The maximum Gasteiger partial charge on any atom is 0.252 e. The maximum absolute atomic E-state index is 10.8. The molecule has 3 heteroatoms. The van der Waals surface area contributed by atoms with Crippen molar-refractivity contribution in [2.75, 3.05) is 13.2 Å². The van der Waals surface area contributed by atoms with Crippen LogP contribution in [0.3, 0.4) is 0 Å². The third kappa shape index (κ3) is 1.70. The Morgan fingerprint density at radius 3 is 3.10 bits per heavy atom. The van der Waals surface area contributed by atoms with Crippen LogP contribution in [-0.4, -0.2) is 24.1 Å². The summed E-state index contributed by atoms with van der Waals surface area (Å²) in [7, 11) is 0. The fourth-order valence-corrected chi connectivity index (χ4v) is 0.840. The number of hydrogen-bond acceptors (Lipinski definition) is 2. The number of rotatable bonds is 3. The molecular formula is C7H12NO2. The molecule has 0 saturated carbocycles. The normalized spacial score (nSPS) is 18.5. The van der Waals surface area contributed by atoms with Crippen molar-refractivity contribution < 1.29 is 9.63 Å². The minimum atomic E-state index is 0.00782. The highest BCUT2D eigenvalue weighted by molar-refractivity contribution is 5.85. The Labute approximate surface area is 60.9 Å². The molecule has 0 spiro atoms. The fourth-order valence-electron chi connectivity index (χ4n) is 0.840. The molecule has 1 fully saturated rings. The third-order valence-electron chi connectivity index (χ3n) is 1.45. The summed E-state index contributed by atoms with van der Waals surface area (Å²) in [4.78, 5) is 15.8. The largest absolute Gasteiger partial charge is 0.272 e. The van der Waals surface area contributed by atoms with Crippen LogP contribution >= 0.6 is 0 Å². The predicted molar refractivity (Wildman–Crippen MR) is 36.9 cm³/mol. The Balaban J connectivity index is 2.20. The Kier molecular flexibility index (Phi) is 2.68. The van der Waals surface area contributed by atoms with Crippen molar-refractivity contribution in [2.45, 2.75) is 19.8 Å². The Morgan fingerprint density at radius 1 is 1.80 bits per heavy atom. The lowest BCUT2D eigenvalue weighted by Gasteiger charge is -2.11. The van der Waals surface area contributed by atoms with Crippen LogP contribution in [0.5, 0.6) is 0 Å². The summed E-state index contributed by atoms with van der Waals surface area (Å²) >= 11 is 0. The van der Waals surface area contributed by atoms with E-state index in [2.05, 4.69) is 6.92 Å². The molecule has 0 N–H and O–H groups in total. The van der Waals surface area contributed by atoms with Crippen LogP contribution in [0.15, 0.2) is 0 Å². The van der Waals surface area contributed by atoms with E-state index in [4.69, 9.17) is 4.84 Å². The molecule has 3 nitrogen and oxygen atoms in total. The molecule has 0 aromatic rings. The standard InChI is InChI=1S/C7H12NO2/c1-2-3-5-8-7(9)4-6-10-8/h4H,2-3,5-6H2,1H3. The molecule has 1 heterocycles. The molecule has 1 aliphatic heterocycles. The van der Waals surface area contributed by atoms with Crippen LogP contribution < -0.4 is 0 Å². The number of amides is 1. The van der Waals surface area contributed by atoms with Gasteiger partial charge in [0.1, 0.15) is 0 Å². The van der Waals surface area contributed by atoms with Gasteiger partial charge in [0.15, 0.2) is 0 Å². The van der Waals surface area contributed by atoms with E-state index in [1.807, 2.05) is 0 Å². The van der Waals surface area contributed by atoms with Gasteiger partial charge in [0, 0.05) is 6.54 Å². The van der Waals surface area contributed by atoms with Crippen LogP contribution in [-0.2, 0) is 9.63 Å². The lowest BCUT2D eigenvalue weighted by molar-refractivity contribution is -0.161. The smallest absolute Gasteiger partial charge is 0.252 e. The molecule has 0 aromatic carbocycles. The van der Waals surface area contributed by atoms with Crippen LogP contribution in [0.2, 0.25) is 0 Å². The zero-order chi connectivity index (χ0) is 7.40. The number of carbonyl (C=O) groups is 1. The van der Waals surface area contributed by atoms with E-state index in [0.717, 1.165) is 19.4 Å². The van der Waals surface area contributed by atoms with Crippen molar-refractivity contribution in [1.29, 1.82) is 0 Å². The zero-order valence-electron chi connectivity index (χ0n) is 6.17. The molecule has 0 unspecified atom stereocenters. The van der Waals surface area contributed by atoms with Crippen LogP contribution in [0.4, 0.5) is 0 Å². The van der Waals surface area contributed by atoms with Crippen LogP contribution in [0.25, 0.3) is 0 Å². The zero-order valence-corrected chi connectivity index (χ0v) is 6.17. The Bertz CT molecular complexity index is 125. The highest BCUT2D eigenvalue weighted by Gasteiger charge is 2.20. The van der Waals surface area contributed by atoms with Crippen molar-refractivity contribution in [1.82, 2.24) is 5.06 Å². The van der Waals surface area contributed by atoms with E-state index in [0.29, 0.717) is 6.61 Å². The number of carbonyl (C=O) groups excluding carboxylic acids is 1. The molecule has 0 atom stereocenters. The van der Waals surface area contributed by atoms with Gasteiger partial charge in [0.05, 0.1) is 13.0 Å². The first kappa shape index (κ1) is 7.54. The Hall–Kier alpha value is -0.570. The molecule has 1 rings (SSSR count). The first-order valence-corrected chi connectivity index (χ1v) is 3.62. The van der Waals surface area contributed by atoms with E-state index in [1.54, 1.807) is 6.42 Å². The van der Waals surface area contributed by atoms with Gasteiger partial charge in [-0.2, -0.15) is 0 Å². The van der Waals surface area contributed by atoms with Gasteiger partial charge in [-0.15, -0.1) is 0 Å². The van der Waals surface area contributed by atoms with Crippen LogP contribution in [0.1, 0.15) is 19.8 Å². The van der Waals surface area contributed by atoms with Gasteiger partial charge in [-0.3, -0.25) is 9.63 Å². The van der Waals surface area contributed by atoms with Crippen LogP contribution in [0, 0.1) is 6.42 Å². The summed E-state index contributed by atoms with van der Waals surface area (Å²) < 4.78 is 0. The summed E-state index contributed by atoms with van der Waals surface area (Å²) in [6, 6.07) is 0. The highest BCUT2D eigenvalue weighted by Crippen LogP contribution is 2.06. The molecule has 1 radical (unpaired) electrons. The second kappa shape index (κ2) is 3.56. The number of unbranched alkanes of at least 4 members (excludes halogenated alkanes) is 1. The van der Waals surface area contributed by atoms with Gasteiger partial charge in [-0.1, -0.05) is 13.3 Å². The summed E-state index contributed by atoms with van der Waals surface area (Å²) in [5.41, 5.74) is 0. The van der Waals surface area contributed by atoms with E-state index in [-0.39, 0.29) is 5.91 Å². The summed E-state index contributed by atoms with van der Waals surface area (Å²) in [5, 5.41) is 1.42. The van der Waals surface area contributed by atoms with Gasteiger partial charge in [0.2, 0.25) is 0 Å². The molecule has 10 heavy (non-hydrogen) atoms. The van der Waals surface area contributed by atoms with Crippen molar-refractivity contribution in [3.63, 3.8) is 0 Å². The van der Waals surface area contributed by atoms with Gasteiger partial charge in [0.25, 0.3) is 5.91 Å². The van der Waals surface area contributed by atoms with Crippen molar-refractivity contribution in [2.24, 2.45) is 0 Å². The molecule has 1 amide bonds. The van der Waals surface area contributed by atoms with Crippen molar-refractivity contribution >= 4 is 5.91 Å². The molecule has 57 valence electrons. The SMILES string of the molecule is CCCCN1OC[CH]C1=O. The van der Waals surface area contributed by atoms with E-state index in [1.165, 1.54) is 5.06 Å². The average Bonchev–Trinajstić information content (AvgIpc) is 2.31. The minimum Gasteiger partial charge on any atom is -0.272 e. The molecule has 0 aromatic heterocycles.